The zero-order valence-corrected chi connectivity index (χ0v) is 17.7. The maximum absolute atomic E-state index is 13.5. The summed E-state index contributed by atoms with van der Waals surface area (Å²) in [5, 5.41) is 4.68. The predicted molar refractivity (Wildman–Crippen MR) is 113 cm³/mol. The molecule has 1 aliphatic heterocycles. The van der Waals surface area contributed by atoms with Crippen LogP contribution in [0.4, 0.5) is 5.82 Å². The van der Waals surface area contributed by atoms with E-state index in [1.165, 1.54) is 6.33 Å². The Morgan fingerprint density at radius 3 is 2.57 bits per heavy atom. The molecule has 0 aromatic carbocycles. The molecule has 0 bridgehead atoms. The third kappa shape index (κ3) is 3.49. The van der Waals surface area contributed by atoms with Gasteiger partial charge in [0.05, 0.1) is 16.0 Å². The molecule has 3 aromatic heterocycles. The molecule has 30 heavy (non-hydrogen) atoms. The second-order valence-corrected chi connectivity index (χ2v) is 8.88. The summed E-state index contributed by atoms with van der Waals surface area (Å²) in [7, 11) is 0. The Kier molecular flexibility index (Phi) is 4.61. The number of nitrogens with zero attached hydrogens (tertiary/aromatic N) is 5. The Balaban J connectivity index is 1.39. The number of amides is 1. The summed E-state index contributed by atoms with van der Waals surface area (Å²) < 4.78 is 5.82. The van der Waals surface area contributed by atoms with Crippen molar-refractivity contribution in [2.75, 3.05) is 18.4 Å². The maximum atomic E-state index is 13.5. The minimum Gasteiger partial charge on any atom is -0.442 e. The molecule has 4 heterocycles. The van der Waals surface area contributed by atoms with Gasteiger partial charge >= 0.3 is 0 Å². The second kappa shape index (κ2) is 7.19. The summed E-state index contributed by atoms with van der Waals surface area (Å²) in [4.78, 5) is 32.7. The maximum Gasteiger partial charge on any atom is 0.258 e. The highest BCUT2D eigenvalue weighted by Gasteiger charge is 2.39. The third-order valence-electron chi connectivity index (χ3n) is 6.09. The van der Waals surface area contributed by atoms with Crippen molar-refractivity contribution in [3.8, 4) is 0 Å². The fourth-order valence-corrected chi connectivity index (χ4v) is 4.12. The van der Waals surface area contributed by atoms with Crippen molar-refractivity contribution in [1.29, 1.82) is 0 Å². The van der Waals surface area contributed by atoms with E-state index in [-0.39, 0.29) is 17.4 Å². The number of carbonyl (C=O) groups excluding carboxylic acids is 1. The molecule has 9 heteroatoms. The van der Waals surface area contributed by atoms with Crippen molar-refractivity contribution in [3.05, 3.63) is 40.9 Å². The summed E-state index contributed by atoms with van der Waals surface area (Å²) in [5.41, 5.74) is 1.03. The van der Waals surface area contributed by atoms with Crippen molar-refractivity contribution in [2.45, 2.75) is 51.0 Å². The molecule has 1 aliphatic carbocycles. The first-order chi connectivity index (χ1) is 14.4. The standard InChI is InChI=1S/C21H23ClN6O2/c1-12-15(16-18(27-21(2)5-6-21)25-11-26-19(16)30-12)20(29)28-7-3-13(4-8-28)17-23-9-14(22)10-24-17/h9-11,13H,3-8H2,1-2H3,(H,25,26,27). The van der Waals surface area contributed by atoms with E-state index < -0.39 is 0 Å². The summed E-state index contributed by atoms with van der Waals surface area (Å²) in [5.74, 6) is 2.21. The fourth-order valence-electron chi connectivity index (χ4n) is 4.03. The number of rotatable bonds is 4. The molecule has 1 saturated heterocycles. The van der Waals surface area contributed by atoms with Crippen LogP contribution in [0.1, 0.15) is 60.5 Å². The van der Waals surface area contributed by atoms with Crippen LogP contribution in [0.3, 0.4) is 0 Å². The van der Waals surface area contributed by atoms with Gasteiger partial charge in [0, 0.05) is 36.9 Å². The molecule has 0 unspecified atom stereocenters. The van der Waals surface area contributed by atoms with Crippen LogP contribution < -0.4 is 5.32 Å². The van der Waals surface area contributed by atoms with E-state index in [1.54, 1.807) is 12.4 Å². The highest BCUT2D eigenvalue weighted by atomic mass is 35.5. The van der Waals surface area contributed by atoms with Crippen LogP contribution in [-0.2, 0) is 0 Å². The zero-order chi connectivity index (χ0) is 20.9. The quantitative estimate of drug-likeness (QED) is 0.674. The van der Waals surface area contributed by atoms with E-state index in [0.29, 0.717) is 46.4 Å². The van der Waals surface area contributed by atoms with Gasteiger partial charge in [-0.2, -0.15) is 0 Å². The number of aryl methyl sites for hydroxylation is 1. The van der Waals surface area contributed by atoms with Crippen LogP contribution in [0.25, 0.3) is 11.1 Å². The average molecular weight is 427 g/mol. The van der Waals surface area contributed by atoms with Gasteiger partial charge in [0.1, 0.15) is 23.7 Å². The predicted octanol–water partition coefficient (Wildman–Crippen LogP) is 3.96. The number of carbonyl (C=O) groups is 1. The molecule has 2 aliphatic rings. The molecule has 1 amide bonds. The van der Waals surface area contributed by atoms with Gasteiger partial charge in [-0.25, -0.2) is 19.9 Å². The molecule has 0 atom stereocenters. The van der Waals surface area contributed by atoms with Gasteiger partial charge in [-0.05, 0) is 39.5 Å². The van der Waals surface area contributed by atoms with Crippen molar-refractivity contribution in [2.24, 2.45) is 0 Å². The number of fused-ring (bicyclic) bond motifs is 1. The van der Waals surface area contributed by atoms with Gasteiger partial charge < -0.3 is 14.6 Å². The van der Waals surface area contributed by atoms with Crippen LogP contribution in [-0.4, -0.2) is 49.4 Å². The number of aromatic nitrogens is 4. The first-order valence-corrected chi connectivity index (χ1v) is 10.6. The van der Waals surface area contributed by atoms with Crippen molar-refractivity contribution in [3.63, 3.8) is 0 Å². The average Bonchev–Trinajstić information content (AvgIpc) is 3.36. The van der Waals surface area contributed by atoms with Gasteiger partial charge in [-0.1, -0.05) is 11.6 Å². The monoisotopic (exact) mass is 426 g/mol. The van der Waals surface area contributed by atoms with Crippen LogP contribution in [0, 0.1) is 6.92 Å². The number of likely N-dealkylation sites (tertiary alicyclic amines) is 1. The molecule has 1 N–H and O–H groups in total. The molecule has 0 spiro atoms. The Hall–Kier alpha value is -2.74. The number of anilines is 1. The molecule has 0 radical (unpaired) electrons. The molecular formula is C21H23ClN6O2. The van der Waals surface area contributed by atoms with E-state index in [4.69, 9.17) is 16.0 Å². The van der Waals surface area contributed by atoms with E-state index in [9.17, 15) is 4.79 Å². The van der Waals surface area contributed by atoms with Gasteiger partial charge in [0.15, 0.2) is 0 Å². The Bertz CT molecular complexity index is 1100. The number of hydrogen-bond acceptors (Lipinski definition) is 7. The molecule has 2 fully saturated rings. The van der Waals surface area contributed by atoms with Crippen LogP contribution in [0.5, 0.6) is 0 Å². The van der Waals surface area contributed by atoms with E-state index in [0.717, 1.165) is 31.5 Å². The van der Waals surface area contributed by atoms with E-state index in [1.807, 2.05) is 11.8 Å². The molecule has 5 rings (SSSR count). The summed E-state index contributed by atoms with van der Waals surface area (Å²) in [6.45, 7) is 5.23. The molecule has 156 valence electrons. The van der Waals surface area contributed by atoms with Gasteiger partial charge in [-0.15, -0.1) is 0 Å². The Labute approximate surface area is 179 Å². The molecular weight excluding hydrogens is 404 g/mol. The summed E-state index contributed by atoms with van der Waals surface area (Å²) >= 11 is 5.89. The number of nitrogens with one attached hydrogen (secondary N) is 1. The summed E-state index contributed by atoms with van der Waals surface area (Å²) in [6.07, 6.45) is 8.50. The summed E-state index contributed by atoms with van der Waals surface area (Å²) in [6, 6.07) is 0. The van der Waals surface area contributed by atoms with Crippen LogP contribution in [0.15, 0.2) is 23.1 Å². The number of halogens is 1. The number of furan rings is 1. The fraction of sp³-hybridized carbons (Fsp3) is 0.476. The number of piperidine rings is 1. The lowest BCUT2D eigenvalue weighted by molar-refractivity contribution is 0.0711. The van der Waals surface area contributed by atoms with Crippen LogP contribution in [0.2, 0.25) is 5.02 Å². The third-order valence-corrected chi connectivity index (χ3v) is 6.28. The lowest BCUT2D eigenvalue weighted by Gasteiger charge is -2.31. The van der Waals surface area contributed by atoms with Crippen LogP contribution >= 0.6 is 11.6 Å². The zero-order valence-electron chi connectivity index (χ0n) is 17.0. The number of hydrogen-bond donors (Lipinski definition) is 1. The first-order valence-electron chi connectivity index (χ1n) is 10.2. The van der Waals surface area contributed by atoms with Gasteiger partial charge in [-0.3, -0.25) is 4.79 Å². The van der Waals surface area contributed by atoms with Gasteiger partial charge in [0.25, 0.3) is 5.91 Å². The van der Waals surface area contributed by atoms with Crippen molar-refractivity contribution < 1.29 is 9.21 Å². The normalized spacial score (nSPS) is 18.6. The van der Waals surface area contributed by atoms with Crippen molar-refractivity contribution in [1.82, 2.24) is 24.8 Å². The minimum atomic E-state index is -0.0412. The van der Waals surface area contributed by atoms with E-state index >= 15 is 0 Å². The first kappa shape index (κ1) is 19.2. The Morgan fingerprint density at radius 1 is 1.20 bits per heavy atom. The van der Waals surface area contributed by atoms with Crippen molar-refractivity contribution >= 4 is 34.4 Å². The SMILES string of the molecule is Cc1oc2ncnc(NC3(C)CC3)c2c1C(=O)N1CCC(c2ncc(Cl)cn2)CC1. The second-order valence-electron chi connectivity index (χ2n) is 8.45. The highest BCUT2D eigenvalue weighted by Crippen LogP contribution is 2.40. The van der Waals surface area contributed by atoms with Gasteiger partial charge in [0.2, 0.25) is 5.71 Å². The lowest BCUT2D eigenvalue weighted by atomic mass is 9.95. The largest absolute Gasteiger partial charge is 0.442 e. The topological polar surface area (TPSA) is 97.0 Å². The molecule has 3 aromatic rings. The minimum absolute atomic E-state index is 0.0314. The molecule has 8 nitrogen and oxygen atoms in total. The Morgan fingerprint density at radius 2 is 1.90 bits per heavy atom. The highest BCUT2D eigenvalue weighted by molar-refractivity contribution is 6.30. The lowest BCUT2D eigenvalue weighted by Crippen LogP contribution is -2.38. The van der Waals surface area contributed by atoms with E-state index in [2.05, 4.69) is 32.2 Å². The molecule has 1 saturated carbocycles. The smallest absolute Gasteiger partial charge is 0.258 e.